The summed E-state index contributed by atoms with van der Waals surface area (Å²) in [6, 6.07) is 26.5. The third-order valence-electron chi connectivity index (χ3n) is 6.76. The Morgan fingerprint density at radius 1 is 0.732 bits per heavy atom. The second kappa shape index (κ2) is 9.91. The lowest BCUT2D eigenvalue weighted by Crippen LogP contribution is -2.19. The first-order valence-corrected chi connectivity index (χ1v) is 15.5. The number of hydrogen-bond donors (Lipinski definition) is 0. The van der Waals surface area contributed by atoms with Crippen molar-refractivity contribution in [1.29, 1.82) is 0 Å². The minimum Gasteiger partial charge on any atom is -0.497 e. The molecule has 0 aliphatic heterocycles. The number of fused-ring (bicyclic) bond motifs is 2. The number of ketones is 1. The van der Waals surface area contributed by atoms with Gasteiger partial charge in [-0.2, -0.15) is 0 Å². The van der Waals surface area contributed by atoms with Gasteiger partial charge in [0.25, 0.3) is 20.0 Å². The Balaban J connectivity index is 1.52. The van der Waals surface area contributed by atoms with Crippen molar-refractivity contribution in [2.24, 2.45) is 0 Å². The van der Waals surface area contributed by atoms with E-state index in [9.17, 15) is 21.6 Å². The molecule has 4 aromatic carbocycles. The molecule has 206 valence electrons. The standard InChI is InChI=1S/C30H21ClN2O6S2/c1-39-22-13-15-27-21(16-22)18-29(33(27)41(37,38)24-10-6-3-7-11-24)30(34)20-12-14-28-25(17-20)26(31)19-32(28)40(35,36)23-8-4-2-5-9-23/h2-19H,1H3. The number of carbonyl (C=O) groups excluding carboxylic acids is 1. The number of hydrogen-bond acceptors (Lipinski definition) is 6. The average molecular weight is 605 g/mol. The van der Waals surface area contributed by atoms with Crippen molar-refractivity contribution in [3.8, 4) is 5.75 Å². The summed E-state index contributed by atoms with van der Waals surface area (Å²) in [6.07, 6.45) is 1.28. The Kier molecular flexibility index (Phi) is 6.49. The second-order valence-corrected chi connectivity index (χ2v) is 13.2. The molecule has 0 saturated heterocycles. The number of rotatable bonds is 7. The molecule has 6 aromatic rings. The number of ether oxygens (including phenoxy) is 1. The average Bonchev–Trinajstić information content (AvgIpc) is 3.55. The van der Waals surface area contributed by atoms with E-state index in [1.165, 1.54) is 61.8 Å². The highest BCUT2D eigenvalue weighted by Crippen LogP contribution is 2.33. The van der Waals surface area contributed by atoms with E-state index >= 15 is 0 Å². The zero-order chi connectivity index (χ0) is 28.9. The van der Waals surface area contributed by atoms with Crippen LogP contribution in [-0.4, -0.2) is 37.7 Å². The van der Waals surface area contributed by atoms with Crippen LogP contribution in [0.1, 0.15) is 16.1 Å². The van der Waals surface area contributed by atoms with Crippen LogP contribution in [0.15, 0.2) is 119 Å². The molecule has 11 heteroatoms. The number of nitrogens with zero attached hydrogens (tertiary/aromatic N) is 2. The van der Waals surface area contributed by atoms with Crippen LogP contribution in [0.2, 0.25) is 5.02 Å². The van der Waals surface area contributed by atoms with E-state index in [1.54, 1.807) is 54.6 Å². The van der Waals surface area contributed by atoms with Gasteiger partial charge in [-0.3, -0.25) is 4.79 Å². The molecule has 8 nitrogen and oxygen atoms in total. The zero-order valence-electron chi connectivity index (χ0n) is 21.4. The molecular weight excluding hydrogens is 584 g/mol. The van der Waals surface area contributed by atoms with E-state index in [1.807, 2.05) is 0 Å². The lowest BCUT2D eigenvalue weighted by Gasteiger charge is -2.12. The molecule has 0 aliphatic carbocycles. The van der Waals surface area contributed by atoms with Gasteiger partial charge in [-0.25, -0.2) is 24.8 Å². The largest absolute Gasteiger partial charge is 0.497 e. The van der Waals surface area contributed by atoms with Gasteiger partial charge in [0.2, 0.25) is 5.78 Å². The molecule has 0 radical (unpaired) electrons. The number of aromatic nitrogens is 2. The van der Waals surface area contributed by atoms with Crippen LogP contribution >= 0.6 is 11.6 Å². The maximum atomic E-state index is 14.0. The first-order chi connectivity index (χ1) is 19.6. The maximum absolute atomic E-state index is 14.0. The van der Waals surface area contributed by atoms with Gasteiger partial charge in [0.15, 0.2) is 0 Å². The van der Waals surface area contributed by atoms with Gasteiger partial charge in [-0.05, 0) is 66.7 Å². The smallest absolute Gasteiger partial charge is 0.268 e. The number of halogens is 1. The fourth-order valence-electron chi connectivity index (χ4n) is 4.77. The summed E-state index contributed by atoms with van der Waals surface area (Å²) in [5, 5.41) is 0.940. The lowest BCUT2D eigenvalue weighted by molar-refractivity contribution is 0.103. The van der Waals surface area contributed by atoms with Crippen LogP contribution < -0.4 is 4.74 Å². The molecule has 0 saturated carbocycles. The zero-order valence-corrected chi connectivity index (χ0v) is 23.8. The van der Waals surface area contributed by atoms with E-state index in [0.29, 0.717) is 22.0 Å². The van der Waals surface area contributed by atoms with Crippen molar-refractivity contribution in [2.75, 3.05) is 7.11 Å². The number of methoxy groups -OCH3 is 1. The summed E-state index contributed by atoms with van der Waals surface area (Å²) in [6.45, 7) is 0. The molecule has 0 atom stereocenters. The SMILES string of the molecule is COc1ccc2c(c1)cc(C(=O)c1ccc3c(c1)c(Cl)cn3S(=O)(=O)c1ccccc1)n2S(=O)(=O)c1ccccc1. The summed E-state index contributed by atoms with van der Waals surface area (Å²) in [5.74, 6) is -0.0868. The summed E-state index contributed by atoms with van der Waals surface area (Å²) >= 11 is 6.46. The second-order valence-electron chi connectivity index (χ2n) is 9.19. The summed E-state index contributed by atoms with van der Waals surface area (Å²) in [4.78, 5) is 14.1. The minimum absolute atomic E-state index is 0.0176. The Morgan fingerprint density at radius 2 is 1.34 bits per heavy atom. The van der Waals surface area contributed by atoms with Crippen molar-refractivity contribution >= 4 is 59.2 Å². The van der Waals surface area contributed by atoms with Crippen molar-refractivity contribution in [1.82, 2.24) is 7.94 Å². The highest BCUT2D eigenvalue weighted by Gasteiger charge is 2.28. The Morgan fingerprint density at radius 3 is 1.98 bits per heavy atom. The molecule has 0 amide bonds. The van der Waals surface area contributed by atoms with E-state index < -0.39 is 25.8 Å². The van der Waals surface area contributed by atoms with Crippen molar-refractivity contribution in [2.45, 2.75) is 9.79 Å². The van der Waals surface area contributed by atoms with Crippen molar-refractivity contribution in [3.63, 3.8) is 0 Å². The number of benzene rings is 4. The van der Waals surface area contributed by atoms with Gasteiger partial charge in [-0.1, -0.05) is 48.0 Å². The van der Waals surface area contributed by atoms with E-state index in [0.717, 1.165) is 7.94 Å². The third kappa shape index (κ3) is 4.40. The van der Waals surface area contributed by atoms with Gasteiger partial charge in [-0.15, -0.1) is 0 Å². The quantitative estimate of drug-likeness (QED) is 0.208. The topological polar surface area (TPSA) is 104 Å². The minimum atomic E-state index is -4.18. The maximum Gasteiger partial charge on any atom is 0.268 e. The molecule has 0 N–H and O–H groups in total. The highest BCUT2D eigenvalue weighted by molar-refractivity contribution is 7.90. The predicted molar refractivity (Wildman–Crippen MR) is 157 cm³/mol. The highest BCUT2D eigenvalue weighted by atomic mass is 35.5. The van der Waals surface area contributed by atoms with Crippen LogP contribution in [-0.2, 0) is 20.0 Å². The lowest BCUT2D eigenvalue weighted by atomic mass is 10.1. The first kappa shape index (κ1) is 26.8. The summed E-state index contributed by atoms with van der Waals surface area (Å²) < 4.78 is 61.6. The molecule has 0 unspecified atom stereocenters. The molecule has 2 heterocycles. The van der Waals surface area contributed by atoms with Gasteiger partial charge in [0.1, 0.15) is 11.4 Å². The Labute approximate surface area is 241 Å². The van der Waals surface area contributed by atoms with Crippen LogP contribution in [0.4, 0.5) is 0 Å². The van der Waals surface area contributed by atoms with Crippen LogP contribution in [0.3, 0.4) is 0 Å². The van der Waals surface area contributed by atoms with Crippen molar-refractivity contribution < 1.29 is 26.4 Å². The molecule has 0 fully saturated rings. The van der Waals surface area contributed by atoms with Crippen LogP contribution in [0.5, 0.6) is 5.75 Å². The Hall–Kier alpha value is -4.38. The molecule has 6 rings (SSSR count). The normalized spacial score (nSPS) is 12.1. The third-order valence-corrected chi connectivity index (χ3v) is 10.5. The van der Waals surface area contributed by atoms with Gasteiger partial charge < -0.3 is 4.74 Å². The van der Waals surface area contributed by atoms with Crippen molar-refractivity contribution in [3.05, 3.63) is 126 Å². The fourth-order valence-corrected chi connectivity index (χ4v) is 8.00. The molecule has 41 heavy (non-hydrogen) atoms. The molecule has 0 spiro atoms. The summed E-state index contributed by atoms with van der Waals surface area (Å²) in [5.41, 5.74) is 0.618. The molecule has 0 bridgehead atoms. The fraction of sp³-hybridized carbons (Fsp3) is 0.0333. The first-order valence-electron chi connectivity index (χ1n) is 12.3. The van der Waals surface area contributed by atoms with Gasteiger partial charge in [0, 0.05) is 22.5 Å². The van der Waals surface area contributed by atoms with E-state index in [-0.39, 0.29) is 31.6 Å². The van der Waals surface area contributed by atoms with E-state index in [4.69, 9.17) is 16.3 Å². The van der Waals surface area contributed by atoms with Crippen LogP contribution in [0, 0.1) is 0 Å². The summed E-state index contributed by atoms with van der Waals surface area (Å²) in [7, 11) is -6.64. The van der Waals surface area contributed by atoms with E-state index in [2.05, 4.69) is 0 Å². The molecule has 2 aromatic heterocycles. The Bertz CT molecular complexity index is 2190. The molecule has 0 aliphatic rings. The number of carbonyl (C=O) groups is 1. The van der Waals surface area contributed by atoms with Crippen LogP contribution in [0.25, 0.3) is 21.8 Å². The monoisotopic (exact) mass is 604 g/mol. The predicted octanol–water partition coefficient (Wildman–Crippen LogP) is 5.96. The van der Waals surface area contributed by atoms with Gasteiger partial charge in [0.05, 0.1) is 33.0 Å². The van der Waals surface area contributed by atoms with Gasteiger partial charge >= 0.3 is 0 Å². The molecular formula is C30H21ClN2O6S2.